The lowest BCUT2D eigenvalue weighted by molar-refractivity contribution is 0.0949. The molecule has 128 valence electrons. The number of thiazole rings is 1. The summed E-state index contributed by atoms with van der Waals surface area (Å²) in [5.41, 5.74) is 3.35. The lowest BCUT2D eigenvalue weighted by atomic mass is 10.1. The van der Waals surface area contributed by atoms with Gasteiger partial charge in [0.25, 0.3) is 5.91 Å². The molecule has 0 radical (unpaired) electrons. The number of hydrogen-bond donors (Lipinski definition) is 1. The van der Waals surface area contributed by atoms with Crippen molar-refractivity contribution in [2.45, 2.75) is 13.3 Å². The highest BCUT2D eigenvalue weighted by molar-refractivity contribution is 7.09. The van der Waals surface area contributed by atoms with Gasteiger partial charge in [0.05, 0.1) is 15.7 Å². The number of rotatable bonds is 5. The fourth-order valence-electron chi connectivity index (χ4n) is 2.32. The van der Waals surface area contributed by atoms with Crippen LogP contribution in [0.15, 0.2) is 41.8 Å². The highest BCUT2D eigenvalue weighted by Gasteiger charge is 2.12. The molecule has 2 aromatic heterocycles. The first kappa shape index (κ1) is 17.9. The zero-order valence-electron chi connectivity index (χ0n) is 13.4. The van der Waals surface area contributed by atoms with Gasteiger partial charge in [0.2, 0.25) is 0 Å². The average Bonchev–Trinajstić information content (AvgIpc) is 3.04. The predicted molar refractivity (Wildman–Crippen MR) is 103 cm³/mol. The summed E-state index contributed by atoms with van der Waals surface area (Å²) in [6, 6.07) is 11.3. The molecule has 0 saturated carbocycles. The van der Waals surface area contributed by atoms with Crippen LogP contribution in [-0.4, -0.2) is 22.4 Å². The van der Waals surface area contributed by atoms with Crippen molar-refractivity contribution >= 4 is 40.4 Å². The normalized spacial score (nSPS) is 10.7. The number of aromatic nitrogens is 2. The number of carbonyl (C=O) groups excluding carboxylic acids is 1. The third-order valence-corrected chi connectivity index (χ3v) is 4.88. The van der Waals surface area contributed by atoms with Crippen molar-refractivity contribution < 1.29 is 4.79 Å². The molecule has 0 aliphatic heterocycles. The summed E-state index contributed by atoms with van der Waals surface area (Å²) in [7, 11) is 0. The van der Waals surface area contributed by atoms with Crippen LogP contribution in [0.25, 0.3) is 11.3 Å². The maximum atomic E-state index is 12.1. The molecule has 2 heterocycles. The summed E-state index contributed by atoms with van der Waals surface area (Å²) in [4.78, 5) is 20.6. The summed E-state index contributed by atoms with van der Waals surface area (Å²) in [5.74, 6) is -0.331. The summed E-state index contributed by atoms with van der Waals surface area (Å²) >= 11 is 13.4. The zero-order chi connectivity index (χ0) is 17.8. The molecular formula is C18H15Cl2N3OS. The number of hydrogen-bond acceptors (Lipinski definition) is 4. The predicted octanol–water partition coefficient (Wildman–Crippen LogP) is 4.79. The SMILES string of the molecule is Cc1nc(-c2ccc(CCNC(=O)c3nc(Cl)ccc3Cl)cc2)cs1. The summed E-state index contributed by atoms with van der Waals surface area (Å²) in [6.07, 6.45) is 0.709. The van der Waals surface area contributed by atoms with Gasteiger partial charge >= 0.3 is 0 Å². The van der Waals surface area contributed by atoms with Gasteiger partial charge in [-0.05, 0) is 31.0 Å². The Bertz CT molecular complexity index is 894. The number of halogens is 2. The van der Waals surface area contributed by atoms with Gasteiger partial charge < -0.3 is 5.32 Å². The number of nitrogens with zero attached hydrogens (tertiary/aromatic N) is 2. The fourth-order valence-corrected chi connectivity index (χ4v) is 3.28. The number of benzene rings is 1. The van der Waals surface area contributed by atoms with Crippen LogP contribution in [0.2, 0.25) is 10.2 Å². The second-order valence-electron chi connectivity index (χ2n) is 5.42. The summed E-state index contributed by atoms with van der Waals surface area (Å²) < 4.78 is 0. The molecular weight excluding hydrogens is 377 g/mol. The number of carbonyl (C=O) groups is 1. The van der Waals surface area contributed by atoms with Crippen molar-refractivity contribution in [3.63, 3.8) is 0 Å². The minimum Gasteiger partial charge on any atom is -0.350 e. The van der Waals surface area contributed by atoms with Gasteiger partial charge in [-0.2, -0.15) is 0 Å². The second kappa shape index (κ2) is 7.95. The third kappa shape index (κ3) is 4.57. The molecule has 0 bridgehead atoms. The van der Waals surface area contributed by atoms with Crippen molar-refractivity contribution in [2.24, 2.45) is 0 Å². The van der Waals surface area contributed by atoms with Crippen LogP contribution in [0.4, 0.5) is 0 Å². The number of nitrogens with one attached hydrogen (secondary N) is 1. The van der Waals surface area contributed by atoms with E-state index >= 15 is 0 Å². The summed E-state index contributed by atoms with van der Waals surface area (Å²) in [5, 5.41) is 6.43. The van der Waals surface area contributed by atoms with E-state index in [9.17, 15) is 4.79 Å². The highest BCUT2D eigenvalue weighted by Crippen LogP contribution is 2.22. The zero-order valence-corrected chi connectivity index (χ0v) is 15.8. The average molecular weight is 392 g/mol. The van der Waals surface area contributed by atoms with Crippen molar-refractivity contribution in [3.05, 3.63) is 68.2 Å². The van der Waals surface area contributed by atoms with Crippen LogP contribution in [0, 0.1) is 6.92 Å². The Morgan fingerprint density at radius 1 is 1.12 bits per heavy atom. The van der Waals surface area contributed by atoms with Crippen LogP contribution in [-0.2, 0) is 6.42 Å². The van der Waals surface area contributed by atoms with Crippen LogP contribution < -0.4 is 5.32 Å². The Kier molecular flexibility index (Phi) is 5.68. The molecule has 1 amide bonds. The molecule has 3 aromatic rings. The smallest absolute Gasteiger partial charge is 0.271 e. The molecule has 1 N–H and O–H groups in total. The van der Waals surface area contributed by atoms with E-state index in [1.54, 1.807) is 23.5 Å². The maximum Gasteiger partial charge on any atom is 0.271 e. The number of pyridine rings is 1. The van der Waals surface area contributed by atoms with Crippen LogP contribution in [0.5, 0.6) is 0 Å². The Hall–Kier alpha value is -1.95. The minimum absolute atomic E-state index is 0.142. The minimum atomic E-state index is -0.331. The van der Waals surface area contributed by atoms with Gasteiger partial charge in [-0.3, -0.25) is 4.79 Å². The Balaban J connectivity index is 1.57. The van der Waals surface area contributed by atoms with E-state index in [-0.39, 0.29) is 21.8 Å². The molecule has 0 unspecified atom stereocenters. The third-order valence-electron chi connectivity index (χ3n) is 3.60. The molecule has 4 nitrogen and oxygen atoms in total. The van der Waals surface area contributed by atoms with Gasteiger partial charge in [0, 0.05) is 17.5 Å². The molecule has 0 saturated heterocycles. The standard InChI is InChI=1S/C18H15Cl2N3OS/c1-11-22-15(10-25-11)13-4-2-12(3-5-13)8-9-21-18(24)17-14(19)6-7-16(20)23-17/h2-7,10H,8-9H2,1H3,(H,21,24). The first-order valence-electron chi connectivity index (χ1n) is 7.64. The van der Waals surface area contributed by atoms with Crippen LogP contribution in [0.3, 0.4) is 0 Å². The van der Waals surface area contributed by atoms with Crippen LogP contribution >= 0.6 is 34.5 Å². The fraction of sp³-hybridized carbons (Fsp3) is 0.167. The van der Waals surface area contributed by atoms with Gasteiger partial charge in [0.1, 0.15) is 10.8 Å². The van der Waals surface area contributed by atoms with Crippen molar-refractivity contribution in [3.8, 4) is 11.3 Å². The molecule has 3 rings (SSSR count). The first-order valence-corrected chi connectivity index (χ1v) is 9.28. The quantitative estimate of drug-likeness (QED) is 0.635. The second-order valence-corrected chi connectivity index (χ2v) is 7.28. The number of aryl methyl sites for hydroxylation is 1. The Morgan fingerprint density at radius 2 is 1.88 bits per heavy atom. The first-order chi connectivity index (χ1) is 12.0. The monoisotopic (exact) mass is 391 g/mol. The molecule has 7 heteroatoms. The molecule has 0 atom stereocenters. The topological polar surface area (TPSA) is 54.9 Å². The number of amides is 1. The van der Waals surface area contributed by atoms with Crippen molar-refractivity contribution in [2.75, 3.05) is 6.54 Å². The van der Waals surface area contributed by atoms with E-state index < -0.39 is 0 Å². The van der Waals surface area contributed by atoms with Crippen LogP contribution in [0.1, 0.15) is 21.1 Å². The van der Waals surface area contributed by atoms with Crippen molar-refractivity contribution in [1.29, 1.82) is 0 Å². The Labute approximate surface area is 159 Å². The largest absolute Gasteiger partial charge is 0.350 e. The highest BCUT2D eigenvalue weighted by atomic mass is 35.5. The maximum absolute atomic E-state index is 12.1. The molecule has 1 aromatic carbocycles. The van der Waals surface area contributed by atoms with E-state index in [4.69, 9.17) is 23.2 Å². The van der Waals surface area contributed by atoms with E-state index in [1.165, 1.54) is 0 Å². The lowest BCUT2D eigenvalue weighted by Gasteiger charge is -2.07. The Morgan fingerprint density at radius 3 is 2.56 bits per heavy atom. The molecule has 0 aliphatic carbocycles. The molecule has 25 heavy (non-hydrogen) atoms. The van der Waals surface area contributed by atoms with E-state index in [2.05, 4.69) is 15.3 Å². The molecule has 0 aliphatic rings. The van der Waals surface area contributed by atoms with E-state index in [0.29, 0.717) is 13.0 Å². The lowest BCUT2D eigenvalue weighted by Crippen LogP contribution is -2.26. The summed E-state index contributed by atoms with van der Waals surface area (Å²) in [6.45, 7) is 2.48. The molecule has 0 spiro atoms. The van der Waals surface area contributed by atoms with Gasteiger partial charge in [-0.1, -0.05) is 47.5 Å². The van der Waals surface area contributed by atoms with Crippen molar-refractivity contribution in [1.82, 2.24) is 15.3 Å². The van der Waals surface area contributed by atoms with Gasteiger partial charge in [0.15, 0.2) is 0 Å². The molecule has 0 fully saturated rings. The van der Waals surface area contributed by atoms with E-state index in [0.717, 1.165) is 21.8 Å². The van der Waals surface area contributed by atoms with Gasteiger partial charge in [-0.25, -0.2) is 9.97 Å². The van der Waals surface area contributed by atoms with Gasteiger partial charge in [-0.15, -0.1) is 11.3 Å². The van der Waals surface area contributed by atoms with E-state index in [1.807, 2.05) is 36.6 Å².